The van der Waals surface area contributed by atoms with Crippen LogP contribution in [0.25, 0.3) is 0 Å². The molecule has 2 N–H and O–H groups in total. The maximum Gasteiger partial charge on any atom is 0.134 e. The summed E-state index contributed by atoms with van der Waals surface area (Å²) < 4.78 is 0. The summed E-state index contributed by atoms with van der Waals surface area (Å²) in [4.78, 5) is 2.45. The molecule has 0 aliphatic rings. The predicted octanol–water partition coefficient (Wildman–Crippen LogP) is 3.65. The van der Waals surface area contributed by atoms with Crippen LogP contribution in [0.4, 0.5) is 0 Å². The molecule has 0 saturated carbocycles. The Morgan fingerprint density at radius 2 is 2.00 bits per heavy atom. The Bertz CT molecular complexity index is 394. The van der Waals surface area contributed by atoms with Crippen molar-refractivity contribution in [1.29, 1.82) is 0 Å². The van der Waals surface area contributed by atoms with Gasteiger partial charge in [0.25, 0.3) is 0 Å². The number of hydrogen-bond donors (Lipinski definition) is 2. The first-order chi connectivity index (χ1) is 9.56. The van der Waals surface area contributed by atoms with Crippen LogP contribution in [0, 0.1) is 0 Å². The van der Waals surface area contributed by atoms with E-state index in [4.69, 9.17) is 11.6 Å². The van der Waals surface area contributed by atoms with Gasteiger partial charge in [0.1, 0.15) is 5.75 Å². The maximum atomic E-state index is 9.38. The number of hydrogen-bond acceptors (Lipinski definition) is 3. The van der Waals surface area contributed by atoms with Crippen LogP contribution in [0.5, 0.6) is 5.75 Å². The summed E-state index contributed by atoms with van der Waals surface area (Å²) in [6.45, 7) is 10.8. The Hall–Kier alpha value is -0.770. The van der Waals surface area contributed by atoms with Crippen LogP contribution in [0.2, 0.25) is 5.02 Å². The summed E-state index contributed by atoms with van der Waals surface area (Å²) in [5, 5.41) is 13.3. The molecule has 0 saturated heterocycles. The molecule has 0 bridgehead atoms. The number of rotatable bonds is 9. The van der Waals surface area contributed by atoms with E-state index >= 15 is 0 Å². The van der Waals surface area contributed by atoms with Crippen LogP contribution >= 0.6 is 11.6 Å². The number of halogens is 1. The largest absolute Gasteiger partial charge is 0.506 e. The fourth-order valence-electron chi connectivity index (χ4n) is 2.22. The molecule has 114 valence electrons. The zero-order chi connectivity index (χ0) is 15.0. The normalized spacial score (nSPS) is 12.8. The lowest BCUT2D eigenvalue weighted by molar-refractivity contribution is 0.290. The van der Waals surface area contributed by atoms with Crippen molar-refractivity contribution in [3.05, 3.63) is 28.8 Å². The second-order valence-electron chi connectivity index (χ2n) is 5.24. The molecule has 0 fully saturated rings. The average Bonchev–Trinajstić information content (AvgIpc) is 2.45. The van der Waals surface area contributed by atoms with E-state index in [0.717, 1.165) is 25.2 Å². The Morgan fingerprint density at radius 1 is 1.30 bits per heavy atom. The molecule has 1 aromatic rings. The number of phenolic OH excluding ortho intramolecular Hbond substituents is 1. The van der Waals surface area contributed by atoms with Crippen molar-refractivity contribution in [3.8, 4) is 5.75 Å². The summed E-state index contributed by atoms with van der Waals surface area (Å²) in [7, 11) is 0. The van der Waals surface area contributed by atoms with E-state index in [9.17, 15) is 5.11 Å². The first kappa shape index (κ1) is 17.3. The highest BCUT2D eigenvalue weighted by molar-refractivity contribution is 6.32. The van der Waals surface area contributed by atoms with Gasteiger partial charge in [-0.3, -0.25) is 0 Å². The molecule has 1 aromatic carbocycles. The third kappa shape index (κ3) is 6.12. The van der Waals surface area contributed by atoms with Crippen molar-refractivity contribution < 1.29 is 5.11 Å². The lowest BCUT2D eigenvalue weighted by Crippen LogP contribution is -2.28. The van der Waals surface area contributed by atoms with Gasteiger partial charge in [0.05, 0.1) is 5.02 Å². The minimum Gasteiger partial charge on any atom is -0.506 e. The van der Waals surface area contributed by atoms with Crippen molar-refractivity contribution in [3.63, 3.8) is 0 Å². The summed E-state index contributed by atoms with van der Waals surface area (Å²) in [5.41, 5.74) is 1.10. The molecule has 4 heteroatoms. The number of aromatic hydroxyl groups is 1. The summed E-state index contributed by atoms with van der Waals surface area (Å²) >= 11 is 5.90. The molecule has 0 aliphatic heterocycles. The van der Waals surface area contributed by atoms with Crippen LogP contribution in [-0.2, 0) is 6.54 Å². The van der Waals surface area contributed by atoms with E-state index in [1.807, 2.05) is 12.1 Å². The molecule has 0 spiro atoms. The summed E-state index contributed by atoms with van der Waals surface area (Å²) in [6.07, 6.45) is 2.38. The van der Waals surface area contributed by atoms with E-state index in [-0.39, 0.29) is 5.75 Å². The second kappa shape index (κ2) is 9.22. The van der Waals surface area contributed by atoms with Gasteiger partial charge in [-0.15, -0.1) is 0 Å². The fraction of sp³-hybridized carbons (Fsp3) is 0.625. The third-order valence-electron chi connectivity index (χ3n) is 3.67. The van der Waals surface area contributed by atoms with Crippen LogP contribution < -0.4 is 5.32 Å². The highest BCUT2D eigenvalue weighted by Crippen LogP contribution is 2.23. The molecule has 3 nitrogen and oxygen atoms in total. The molecule has 0 aromatic heterocycles. The van der Waals surface area contributed by atoms with Crippen molar-refractivity contribution in [2.24, 2.45) is 0 Å². The molecule has 0 aliphatic carbocycles. The first-order valence-corrected chi connectivity index (χ1v) is 7.87. The van der Waals surface area contributed by atoms with Crippen molar-refractivity contribution in [1.82, 2.24) is 10.2 Å². The van der Waals surface area contributed by atoms with Crippen molar-refractivity contribution in [2.45, 2.75) is 46.2 Å². The lowest BCUT2D eigenvalue weighted by Gasteiger charge is -2.19. The van der Waals surface area contributed by atoms with Gasteiger partial charge in [-0.1, -0.05) is 31.5 Å². The van der Waals surface area contributed by atoms with Crippen LogP contribution in [0.1, 0.15) is 39.2 Å². The minimum absolute atomic E-state index is 0.141. The number of benzene rings is 1. The van der Waals surface area contributed by atoms with Gasteiger partial charge in [0.15, 0.2) is 0 Å². The molecule has 20 heavy (non-hydrogen) atoms. The Balaban J connectivity index is 2.25. The SMILES string of the molecule is CCN(CC)CCCC(C)NCc1ccc(O)c(Cl)c1. The molecule has 1 unspecified atom stereocenters. The van der Waals surface area contributed by atoms with Gasteiger partial charge in [0, 0.05) is 12.6 Å². The Kier molecular flexibility index (Phi) is 7.97. The molecule has 1 rings (SSSR count). The van der Waals surface area contributed by atoms with Crippen LogP contribution in [0.3, 0.4) is 0 Å². The monoisotopic (exact) mass is 298 g/mol. The first-order valence-electron chi connectivity index (χ1n) is 7.49. The molecule has 1 atom stereocenters. The standard InChI is InChI=1S/C16H27ClN2O/c1-4-19(5-2)10-6-7-13(3)18-12-14-8-9-16(20)15(17)11-14/h8-9,11,13,18,20H,4-7,10,12H2,1-3H3. The third-order valence-corrected chi connectivity index (χ3v) is 3.98. The smallest absolute Gasteiger partial charge is 0.134 e. The van der Waals surface area contributed by atoms with Gasteiger partial charge in [0.2, 0.25) is 0 Å². The topological polar surface area (TPSA) is 35.5 Å². The van der Waals surface area contributed by atoms with Crippen molar-refractivity contribution >= 4 is 11.6 Å². The molecular formula is C16H27ClN2O. The number of phenols is 1. The lowest BCUT2D eigenvalue weighted by atomic mass is 10.1. The zero-order valence-corrected chi connectivity index (χ0v) is 13.6. The summed E-state index contributed by atoms with van der Waals surface area (Å²) in [6, 6.07) is 5.84. The van der Waals surface area contributed by atoms with Gasteiger partial charge in [-0.05, 0) is 57.1 Å². The fourth-order valence-corrected chi connectivity index (χ4v) is 2.42. The van der Waals surface area contributed by atoms with Gasteiger partial charge < -0.3 is 15.3 Å². The van der Waals surface area contributed by atoms with E-state index in [1.54, 1.807) is 6.07 Å². The Morgan fingerprint density at radius 3 is 2.60 bits per heavy atom. The number of nitrogens with zero attached hydrogens (tertiary/aromatic N) is 1. The zero-order valence-electron chi connectivity index (χ0n) is 12.8. The van der Waals surface area contributed by atoms with E-state index in [1.165, 1.54) is 19.4 Å². The average molecular weight is 299 g/mol. The highest BCUT2D eigenvalue weighted by Gasteiger charge is 2.05. The highest BCUT2D eigenvalue weighted by atomic mass is 35.5. The maximum absolute atomic E-state index is 9.38. The van der Waals surface area contributed by atoms with E-state index in [0.29, 0.717) is 11.1 Å². The Labute approximate surface area is 127 Å². The molecule has 0 radical (unpaired) electrons. The predicted molar refractivity (Wildman–Crippen MR) is 86.4 cm³/mol. The molecule has 0 heterocycles. The van der Waals surface area contributed by atoms with Crippen molar-refractivity contribution in [2.75, 3.05) is 19.6 Å². The number of nitrogens with one attached hydrogen (secondary N) is 1. The van der Waals surface area contributed by atoms with Gasteiger partial charge in [-0.25, -0.2) is 0 Å². The van der Waals surface area contributed by atoms with Crippen LogP contribution in [-0.4, -0.2) is 35.7 Å². The van der Waals surface area contributed by atoms with Gasteiger partial charge >= 0.3 is 0 Å². The minimum atomic E-state index is 0.141. The second-order valence-corrected chi connectivity index (χ2v) is 5.64. The van der Waals surface area contributed by atoms with E-state index < -0.39 is 0 Å². The molecular weight excluding hydrogens is 272 g/mol. The summed E-state index contributed by atoms with van der Waals surface area (Å²) in [5.74, 6) is 0.141. The van der Waals surface area contributed by atoms with Gasteiger partial charge in [-0.2, -0.15) is 0 Å². The molecule has 0 amide bonds. The quantitative estimate of drug-likeness (QED) is 0.730. The van der Waals surface area contributed by atoms with Crippen LogP contribution in [0.15, 0.2) is 18.2 Å². The van der Waals surface area contributed by atoms with E-state index in [2.05, 4.69) is 31.0 Å².